The first-order valence-electron chi connectivity index (χ1n) is 15.6. The number of nitrogens with zero attached hydrogens (tertiary/aromatic N) is 2. The van der Waals surface area contributed by atoms with E-state index in [4.69, 9.17) is 25.5 Å². The first-order chi connectivity index (χ1) is 24.4. The molecule has 51 heavy (non-hydrogen) atoms. The molecule has 7 rings (SSSR count). The van der Waals surface area contributed by atoms with E-state index in [0.29, 0.717) is 22.3 Å². The molecule has 5 aromatic carbocycles. The molecule has 1 aromatic heterocycles. The van der Waals surface area contributed by atoms with Gasteiger partial charge in [-0.25, -0.2) is 18.2 Å². The maximum absolute atomic E-state index is 11.9. The molecule has 0 bridgehead atoms. The van der Waals surface area contributed by atoms with Crippen molar-refractivity contribution in [2.24, 2.45) is 10.9 Å². The van der Waals surface area contributed by atoms with Gasteiger partial charge in [0.1, 0.15) is 17.2 Å². The Kier molecular flexibility index (Phi) is 12.5. The van der Waals surface area contributed by atoms with Gasteiger partial charge in [-0.15, -0.1) is 0 Å². The molecule has 1 aliphatic heterocycles. The first kappa shape index (κ1) is 37.5. The number of primary sulfonamides is 1. The van der Waals surface area contributed by atoms with Crippen LogP contribution in [0, 0.1) is 0 Å². The van der Waals surface area contributed by atoms with Gasteiger partial charge in [-0.1, -0.05) is 62.2 Å². The molecular formula is C37H34Br2N4O7S. The summed E-state index contributed by atoms with van der Waals surface area (Å²) in [6.45, 7) is 0.818. The smallest absolute Gasteiger partial charge is 0.269 e. The molecule has 2 heterocycles. The Morgan fingerprint density at radius 3 is 2.04 bits per heavy atom. The topological polar surface area (TPSA) is 180 Å². The molecule has 1 fully saturated rings. The summed E-state index contributed by atoms with van der Waals surface area (Å²) < 4.78 is 37.6. The number of hydrogen-bond donors (Lipinski definition) is 4. The molecule has 1 atom stereocenters. The molecule has 6 N–H and O–H groups in total. The summed E-state index contributed by atoms with van der Waals surface area (Å²) in [5, 5.41) is 28.5. The van der Waals surface area contributed by atoms with E-state index < -0.39 is 15.9 Å². The molecule has 14 heteroatoms. The number of aromatic nitrogens is 2. The van der Waals surface area contributed by atoms with E-state index >= 15 is 0 Å². The van der Waals surface area contributed by atoms with Crippen molar-refractivity contribution in [3.8, 4) is 34.1 Å². The van der Waals surface area contributed by atoms with Crippen LogP contribution in [0.4, 0.5) is 0 Å². The number of ether oxygens (including phenoxy) is 2. The predicted octanol–water partition coefficient (Wildman–Crippen LogP) is 7.65. The quantitative estimate of drug-likeness (QED) is 0.132. The monoisotopic (exact) mass is 836 g/mol. The number of hydrogen-bond acceptors (Lipinski definition) is 8. The third kappa shape index (κ3) is 10.4. The maximum atomic E-state index is 11.9. The number of carbonyl (C=O) groups excluding carboxylic acids is 1. The third-order valence-corrected chi connectivity index (χ3v) is 9.43. The molecular weight excluding hydrogens is 804 g/mol. The highest BCUT2D eigenvalue weighted by atomic mass is 79.9. The number of rotatable bonds is 6. The van der Waals surface area contributed by atoms with Crippen LogP contribution in [0.2, 0.25) is 0 Å². The lowest BCUT2D eigenvalue weighted by Crippen LogP contribution is -2.24. The number of phenolic OH excluding ortho intramolecular Hbond substituents is 2. The van der Waals surface area contributed by atoms with E-state index in [0.717, 1.165) is 45.3 Å². The summed E-state index contributed by atoms with van der Waals surface area (Å²) in [5.41, 5.74) is 8.28. The second kappa shape index (κ2) is 17.0. The van der Waals surface area contributed by atoms with E-state index in [1.807, 2.05) is 42.5 Å². The molecule has 1 saturated heterocycles. The Morgan fingerprint density at radius 1 is 0.824 bits per heavy atom. The molecule has 0 saturated carbocycles. The highest BCUT2D eigenvalue weighted by molar-refractivity contribution is 9.10. The maximum Gasteiger partial charge on any atom is 0.269 e. The van der Waals surface area contributed by atoms with Gasteiger partial charge in [-0.2, -0.15) is 5.10 Å². The number of halogens is 2. The minimum Gasteiger partial charge on any atom is -0.508 e. The second-order valence-electron chi connectivity index (χ2n) is 11.3. The summed E-state index contributed by atoms with van der Waals surface area (Å²) in [7, 11) is -3.83. The fraction of sp³-hybridized carbons (Fsp3) is 0.135. The zero-order valence-corrected chi connectivity index (χ0v) is 31.0. The molecule has 1 aliphatic rings. The van der Waals surface area contributed by atoms with Crippen molar-refractivity contribution in [1.29, 1.82) is 0 Å². The summed E-state index contributed by atoms with van der Waals surface area (Å²) >= 11 is 6.61. The lowest BCUT2D eigenvalue weighted by molar-refractivity contribution is -0.105. The van der Waals surface area contributed by atoms with Gasteiger partial charge in [0.25, 0.3) is 5.91 Å². The van der Waals surface area contributed by atoms with Crippen LogP contribution in [-0.4, -0.2) is 47.2 Å². The third-order valence-electron chi connectivity index (χ3n) is 7.51. The molecule has 1 amide bonds. The first-order valence-corrected chi connectivity index (χ1v) is 18.7. The van der Waals surface area contributed by atoms with E-state index in [1.165, 1.54) is 35.4 Å². The number of carbonyl (C=O) groups is 1. The van der Waals surface area contributed by atoms with Crippen molar-refractivity contribution in [2.45, 2.75) is 30.4 Å². The van der Waals surface area contributed by atoms with Crippen LogP contribution in [0.3, 0.4) is 0 Å². The van der Waals surface area contributed by atoms with Crippen molar-refractivity contribution in [2.75, 3.05) is 6.61 Å². The lowest BCUT2D eigenvalue weighted by atomic mass is 10.0. The van der Waals surface area contributed by atoms with Gasteiger partial charge in [0.15, 0.2) is 12.0 Å². The number of nitrogens with two attached hydrogens (primary N) is 2. The summed E-state index contributed by atoms with van der Waals surface area (Å²) in [4.78, 5) is 11.8. The van der Waals surface area contributed by atoms with Crippen molar-refractivity contribution in [3.05, 3.63) is 130 Å². The van der Waals surface area contributed by atoms with Gasteiger partial charge >= 0.3 is 0 Å². The molecule has 0 spiro atoms. The van der Waals surface area contributed by atoms with Crippen LogP contribution in [0.1, 0.15) is 29.8 Å². The van der Waals surface area contributed by atoms with Gasteiger partial charge in [0.2, 0.25) is 10.0 Å². The lowest BCUT2D eigenvalue weighted by Gasteiger charge is -2.23. The number of sulfonamides is 1. The minimum atomic E-state index is -3.83. The van der Waals surface area contributed by atoms with Crippen LogP contribution in [0.25, 0.3) is 27.7 Å². The van der Waals surface area contributed by atoms with Gasteiger partial charge < -0.3 is 25.4 Å². The van der Waals surface area contributed by atoms with Crippen LogP contribution < -0.4 is 15.6 Å². The van der Waals surface area contributed by atoms with E-state index in [9.17, 15) is 18.3 Å². The molecule has 264 valence electrons. The normalized spacial score (nSPS) is 14.1. The van der Waals surface area contributed by atoms with Crippen molar-refractivity contribution in [1.82, 2.24) is 9.78 Å². The van der Waals surface area contributed by atoms with Crippen molar-refractivity contribution >= 4 is 58.7 Å². The minimum absolute atomic E-state index is 0.0340. The zero-order chi connectivity index (χ0) is 36.5. The van der Waals surface area contributed by atoms with E-state index in [1.54, 1.807) is 48.5 Å². The SMILES string of the molecule is Brc1cccc(OC2CCCCO2)c1.NC(=O)c1nn(-c2ccc(S(N)(=O)=O)cc2)c2cc(-c3cccc(O)c3)ccc12.Oc1cccc(Br)c1. The summed E-state index contributed by atoms with van der Waals surface area (Å²) in [6.07, 6.45) is 3.28. The Hall–Kier alpha value is -4.73. The van der Waals surface area contributed by atoms with Gasteiger partial charge in [-0.3, -0.25) is 4.79 Å². The van der Waals surface area contributed by atoms with Crippen LogP contribution in [0.5, 0.6) is 17.2 Å². The van der Waals surface area contributed by atoms with Gasteiger partial charge in [0, 0.05) is 20.8 Å². The number of aromatic hydroxyl groups is 2. The molecule has 0 radical (unpaired) electrons. The van der Waals surface area contributed by atoms with E-state index in [2.05, 4.69) is 37.0 Å². The predicted molar refractivity (Wildman–Crippen MR) is 202 cm³/mol. The standard InChI is InChI=1S/C20H16N4O4S.C11H13BrO2.C6H5BrO/c21-20(26)19-17-9-4-13(12-2-1-3-15(25)10-12)11-18(17)24(23-19)14-5-7-16(8-6-14)29(22,27)28;12-9-4-3-5-10(8-9)14-11-6-1-2-7-13-11;7-5-2-1-3-6(8)4-5/h1-11,25H,(H2,21,26)(H2,22,27,28);3-5,8,11H,1-2,6-7H2;1-4,8H. The number of benzene rings is 5. The highest BCUT2D eigenvalue weighted by Crippen LogP contribution is 2.30. The fourth-order valence-electron chi connectivity index (χ4n) is 5.11. The number of phenols is 2. The number of primary amides is 1. The van der Waals surface area contributed by atoms with Crippen LogP contribution in [0.15, 0.2) is 129 Å². The Labute approximate surface area is 311 Å². The van der Waals surface area contributed by atoms with Gasteiger partial charge in [-0.05, 0) is 109 Å². The van der Waals surface area contributed by atoms with Crippen LogP contribution in [-0.2, 0) is 14.8 Å². The number of amides is 1. The number of fused-ring (bicyclic) bond motifs is 1. The van der Waals surface area contributed by atoms with E-state index in [-0.39, 0.29) is 22.6 Å². The highest BCUT2D eigenvalue weighted by Gasteiger charge is 2.18. The Morgan fingerprint density at radius 2 is 1.47 bits per heavy atom. The summed E-state index contributed by atoms with van der Waals surface area (Å²) in [5.74, 6) is 0.609. The molecule has 1 unspecified atom stereocenters. The Balaban J connectivity index is 0.000000188. The van der Waals surface area contributed by atoms with Crippen LogP contribution >= 0.6 is 31.9 Å². The second-order valence-corrected chi connectivity index (χ2v) is 14.7. The average Bonchev–Trinajstić information content (AvgIpc) is 3.48. The molecule has 11 nitrogen and oxygen atoms in total. The molecule has 0 aliphatic carbocycles. The average molecular weight is 839 g/mol. The van der Waals surface area contributed by atoms with Gasteiger partial charge in [0.05, 0.1) is 22.7 Å². The van der Waals surface area contributed by atoms with Crippen molar-refractivity contribution < 1.29 is 32.9 Å². The van der Waals surface area contributed by atoms with Crippen molar-refractivity contribution in [3.63, 3.8) is 0 Å². The zero-order valence-electron chi connectivity index (χ0n) is 27.0. The summed E-state index contributed by atoms with van der Waals surface area (Å²) in [6, 6.07) is 32.7. The largest absolute Gasteiger partial charge is 0.508 e. The fourth-order valence-corrected chi connectivity index (χ4v) is 6.39. The molecule has 6 aromatic rings. The Bertz CT molecular complexity index is 2220.